The average Bonchev–Trinajstić information content (AvgIpc) is 3.47. The molecule has 4 aliphatic carbocycles. The Labute approximate surface area is 204 Å². The van der Waals surface area contributed by atoms with Crippen molar-refractivity contribution in [2.24, 2.45) is 22.2 Å². The fourth-order valence-electron chi connectivity index (χ4n) is 8.75. The molecule has 0 heterocycles. The molecule has 0 saturated heterocycles. The van der Waals surface area contributed by atoms with E-state index in [0.29, 0.717) is 34.3 Å². The molecule has 0 radical (unpaired) electrons. The molecule has 0 amide bonds. The van der Waals surface area contributed by atoms with E-state index in [1.165, 1.54) is 12.0 Å². The van der Waals surface area contributed by atoms with Gasteiger partial charge in [0, 0.05) is 16.9 Å². The fraction of sp³-hybridized carbons (Fsp3) is 0.700. The van der Waals surface area contributed by atoms with Crippen molar-refractivity contribution in [3.8, 4) is 11.5 Å². The summed E-state index contributed by atoms with van der Waals surface area (Å²) in [5, 5.41) is 22.4. The molecule has 1 spiro atoms. The average molecular weight is 467 g/mol. The van der Waals surface area contributed by atoms with Gasteiger partial charge in [-0.15, -0.1) is 0 Å². The molecule has 0 aromatic heterocycles. The second kappa shape index (κ2) is 8.03. The number of hydrogen-bond acceptors (Lipinski definition) is 4. The van der Waals surface area contributed by atoms with E-state index in [1.807, 2.05) is 0 Å². The van der Waals surface area contributed by atoms with Crippen LogP contribution in [-0.2, 0) is 11.2 Å². The number of rotatable bonds is 7. The van der Waals surface area contributed by atoms with Crippen molar-refractivity contribution in [1.82, 2.24) is 0 Å². The summed E-state index contributed by atoms with van der Waals surface area (Å²) in [6, 6.07) is 1.72. The van der Waals surface area contributed by atoms with Crippen molar-refractivity contribution < 1.29 is 19.7 Å². The van der Waals surface area contributed by atoms with Gasteiger partial charge in [-0.3, -0.25) is 0 Å². The van der Waals surface area contributed by atoms with Crippen LogP contribution in [0.2, 0.25) is 0 Å². The number of ether oxygens (including phenoxy) is 1. The van der Waals surface area contributed by atoms with Crippen LogP contribution in [0.1, 0.15) is 120 Å². The molecule has 5 atom stereocenters. The molecule has 4 heteroatoms. The van der Waals surface area contributed by atoms with Crippen LogP contribution in [0.15, 0.2) is 17.7 Å². The van der Waals surface area contributed by atoms with Gasteiger partial charge < -0.3 is 14.9 Å². The Hall–Kier alpha value is -1.97. The molecule has 4 aliphatic rings. The van der Waals surface area contributed by atoms with Gasteiger partial charge in [0.15, 0.2) is 0 Å². The smallest absolute Gasteiger partial charge is 0.342 e. The number of aromatic hydroxyl groups is 2. The van der Waals surface area contributed by atoms with Crippen LogP contribution in [0.3, 0.4) is 0 Å². The summed E-state index contributed by atoms with van der Waals surface area (Å²) in [5.41, 5.74) is 3.44. The maximum atomic E-state index is 13.7. The van der Waals surface area contributed by atoms with Crippen molar-refractivity contribution in [3.05, 3.63) is 34.4 Å². The third kappa shape index (κ3) is 3.27. The lowest BCUT2D eigenvalue weighted by Gasteiger charge is -2.61. The van der Waals surface area contributed by atoms with Crippen LogP contribution in [0, 0.1) is 22.2 Å². The van der Waals surface area contributed by atoms with Gasteiger partial charge in [-0.05, 0) is 86.7 Å². The number of unbranched alkanes of at least 4 members (excludes halogenated alkanes) is 2. The third-order valence-electron chi connectivity index (χ3n) is 10.2. The topological polar surface area (TPSA) is 66.8 Å². The Morgan fingerprint density at radius 3 is 2.62 bits per heavy atom. The molecule has 34 heavy (non-hydrogen) atoms. The quantitative estimate of drug-likeness (QED) is 0.249. The van der Waals surface area contributed by atoms with Crippen molar-refractivity contribution in [3.63, 3.8) is 0 Å². The molecule has 186 valence electrons. The zero-order valence-corrected chi connectivity index (χ0v) is 21.7. The highest BCUT2D eigenvalue weighted by Crippen LogP contribution is 2.88. The first-order chi connectivity index (χ1) is 16.1. The molecular formula is C30H42O4. The minimum Gasteiger partial charge on any atom is -0.507 e. The SMILES string of the molecule is CCCCCc1cc(O)c(C2C=C(C)CCC2)c(O)c1C(=O)OC1CC2CC23C(C)(C)CC13C. The van der Waals surface area contributed by atoms with Crippen molar-refractivity contribution in [2.45, 2.75) is 111 Å². The second-order valence-corrected chi connectivity index (χ2v) is 12.6. The van der Waals surface area contributed by atoms with E-state index in [2.05, 4.69) is 40.7 Å². The zero-order valence-electron chi connectivity index (χ0n) is 21.7. The summed E-state index contributed by atoms with van der Waals surface area (Å²) in [4.78, 5) is 13.7. The van der Waals surface area contributed by atoms with Gasteiger partial charge in [-0.2, -0.15) is 0 Å². The van der Waals surface area contributed by atoms with E-state index >= 15 is 0 Å². The monoisotopic (exact) mass is 466 g/mol. The van der Waals surface area contributed by atoms with Crippen molar-refractivity contribution in [1.29, 1.82) is 0 Å². The summed E-state index contributed by atoms with van der Waals surface area (Å²) < 4.78 is 6.26. The van der Waals surface area contributed by atoms with Gasteiger partial charge in [0.2, 0.25) is 0 Å². The molecule has 5 unspecified atom stereocenters. The van der Waals surface area contributed by atoms with Crippen molar-refractivity contribution in [2.75, 3.05) is 0 Å². The summed E-state index contributed by atoms with van der Waals surface area (Å²) in [6.45, 7) is 11.3. The summed E-state index contributed by atoms with van der Waals surface area (Å²) in [6.07, 6.45) is 11.9. The first kappa shape index (κ1) is 23.8. The standard InChI is InChI=1S/C30H42O4/c1-6-7-8-11-20-14-22(31)24(19-12-9-10-18(2)13-19)26(32)25(20)27(33)34-23-15-21-16-30(21)28(3,4)17-29(23,30)5/h13-14,19,21,23,31-32H,6-12,15-17H2,1-5H3. The zero-order chi connectivity index (χ0) is 24.5. The van der Waals surface area contributed by atoms with Crippen LogP contribution in [0.4, 0.5) is 0 Å². The van der Waals surface area contributed by atoms with Crippen LogP contribution in [-0.4, -0.2) is 22.3 Å². The largest absolute Gasteiger partial charge is 0.507 e. The van der Waals surface area contributed by atoms with Gasteiger partial charge >= 0.3 is 5.97 Å². The Morgan fingerprint density at radius 1 is 1.21 bits per heavy atom. The fourth-order valence-corrected chi connectivity index (χ4v) is 8.75. The predicted molar refractivity (Wildman–Crippen MR) is 134 cm³/mol. The minimum absolute atomic E-state index is 0.0395. The molecular weight excluding hydrogens is 424 g/mol. The van der Waals surface area contributed by atoms with Gasteiger partial charge in [-0.25, -0.2) is 4.79 Å². The molecule has 3 saturated carbocycles. The number of phenols is 2. The highest BCUT2D eigenvalue weighted by molar-refractivity contribution is 5.95. The van der Waals surface area contributed by atoms with Crippen LogP contribution < -0.4 is 0 Å². The van der Waals surface area contributed by atoms with Crippen LogP contribution >= 0.6 is 0 Å². The first-order valence-electron chi connectivity index (χ1n) is 13.5. The maximum Gasteiger partial charge on any atom is 0.342 e. The lowest BCUT2D eigenvalue weighted by atomic mass is 9.44. The maximum absolute atomic E-state index is 13.7. The Kier molecular flexibility index (Phi) is 5.61. The number of phenolic OH excluding ortho intramolecular Hbond substituents is 2. The first-order valence-corrected chi connectivity index (χ1v) is 13.5. The van der Waals surface area contributed by atoms with Gasteiger partial charge in [0.1, 0.15) is 23.2 Å². The highest BCUT2D eigenvalue weighted by Gasteiger charge is 2.84. The molecule has 2 N–H and O–H groups in total. The van der Waals surface area contributed by atoms with E-state index in [-0.39, 0.29) is 34.5 Å². The predicted octanol–water partition coefficient (Wildman–Crippen LogP) is 7.42. The molecule has 3 fully saturated rings. The van der Waals surface area contributed by atoms with Crippen molar-refractivity contribution >= 4 is 5.97 Å². The molecule has 0 bridgehead atoms. The molecule has 0 aliphatic heterocycles. The van der Waals surface area contributed by atoms with Gasteiger partial charge in [-0.1, -0.05) is 52.2 Å². The molecule has 1 aromatic carbocycles. The number of carbonyl (C=O) groups excluding carboxylic acids is 1. The van der Waals surface area contributed by atoms with E-state index in [1.54, 1.807) is 6.07 Å². The number of esters is 1. The third-order valence-corrected chi connectivity index (χ3v) is 10.2. The number of benzene rings is 1. The summed E-state index contributed by atoms with van der Waals surface area (Å²) in [7, 11) is 0. The van der Waals surface area contributed by atoms with E-state index in [4.69, 9.17) is 4.74 Å². The Bertz CT molecular complexity index is 1040. The molecule has 4 nitrogen and oxygen atoms in total. The lowest BCUT2D eigenvalue weighted by molar-refractivity contribution is -0.159. The normalized spacial score (nSPS) is 35.1. The van der Waals surface area contributed by atoms with E-state index in [0.717, 1.165) is 51.4 Å². The lowest BCUT2D eigenvalue weighted by Crippen LogP contribution is -2.57. The summed E-state index contributed by atoms with van der Waals surface area (Å²) in [5.74, 6) is 0.212. The Morgan fingerprint density at radius 2 is 1.97 bits per heavy atom. The number of hydrogen-bond donors (Lipinski definition) is 2. The highest BCUT2D eigenvalue weighted by atomic mass is 16.5. The minimum atomic E-state index is -0.408. The molecule has 1 aromatic rings. The second-order valence-electron chi connectivity index (χ2n) is 12.6. The number of carbonyl (C=O) groups is 1. The summed E-state index contributed by atoms with van der Waals surface area (Å²) >= 11 is 0. The number of allylic oxidation sites excluding steroid dienone is 2. The van der Waals surface area contributed by atoms with Gasteiger partial charge in [0.25, 0.3) is 0 Å². The molecule has 5 rings (SSSR count). The van der Waals surface area contributed by atoms with E-state index in [9.17, 15) is 15.0 Å². The van der Waals surface area contributed by atoms with Crippen LogP contribution in [0.5, 0.6) is 11.5 Å². The van der Waals surface area contributed by atoms with E-state index < -0.39 is 5.97 Å². The Balaban J connectivity index is 1.47. The number of aryl methyl sites for hydroxylation is 1. The van der Waals surface area contributed by atoms with Crippen LogP contribution in [0.25, 0.3) is 0 Å². The van der Waals surface area contributed by atoms with Gasteiger partial charge in [0.05, 0.1) is 0 Å².